The number of carbonyl (C=O) groups excluding carboxylic acids is 1. The summed E-state index contributed by atoms with van der Waals surface area (Å²) >= 11 is 4.67. The maximum Gasteiger partial charge on any atom is 0.250 e. The first kappa shape index (κ1) is 19.9. The molecule has 1 aromatic heterocycles. The first-order chi connectivity index (χ1) is 12.6. The highest BCUT2D eigenvalue weighted by Gasteiger charge is 2.10. The Morgan fingerprint density at radius 1 is 1.42 bits per heavy atom. The summed E-state index contributed by atoms with van der Waals surface area (Å²) in [6.07, 6.45) is 6.42. The van der Waals surface area contributed by atoms with Crippen molar-refractivity contribution in [1.82, 2.24) is 15.4 Å². The van der Waals surface area contributed by atoms with Crippen molar-refractivity contribution in [3.8, 4) is 11.5 Å². The van der Waals surface area contributed by atoms with Crippen LogP contribution in [0.15, 0.2) is 58.0 Å². The van der Waals surface area contributed by atoms with Crippen LogP contribution < -0.4 is 14.9 Å². The fourth-order valence-corrected chi connectivity index (χ4v) is 2.97. The second-order valence-electron chi connectivity index (χ2n) is 4.75. The van der Waals surface area contributed by atoms with Crippen molar-refractivity contribution >= 4 is 39.8 Å². The molecule has 0 atom stereocenters. The molecule has 0 aliphatic heterocycles. The number of methoxy groups -OCH3 is 1. The number of carbonyl (C=O) groups is 1. The minimum Gasteiger partial charge on any atom is -0.493 e. The number of thioether (sulfide) groups is 1. The van der Waals surface area contributed by atoms with Crippen LogP contribution in [-0.4, -0.2) is 41.6 Å². The van der Waals surface area contributed by atoms with E-state index in [1.165, 1.54) is 18.0 Å². The minimum absolute atomic E-state index is 0.169. The molecule has 0 bridgehead atoms. The van der Waals surface area contributed by atoms with Gasteiger partial charge >= 0.3 is 0 Å². The van der Waals surface area contributed by atoms with E-state index in [1.54, 1.807) is 37.7 Å². The smallest absolute Gasteiger partial charge is 0.250 e. The van der Waals surface area contributed by atoms with Gasteiger partial charge in [0.25, 0.3) is 5.91 Å². The summed E-state index contributed by atoms with van der Waals surface area (Å²) in [5, 5.41) is 4.49. The highest BCUT2D eigenvalue weighted by molar-refractivity contribution is 9.10. The van der Waals surface area contributed by atoms with Crippen LogP contribution in [0.25, 0.3) is 0 Å². The number of ether oxygens (including phenoxy) is 2. The van der Waals surface area contributed by atoms with E-state index in [-0.39, 0.29) is 11.7 Å². The van der Waals surface area contributed by atoms with E-state index in [4.69, 9.17) is 9.47 Å². The van der Waals surface area contributed by atoms with Gasteiger partial charge in [0.1, 0.15) is 6.61 Å². The van der Waals surface area contributed by atoms with Crippen molar-refractivity contribution < 1.29 is 14.3 Å². The number of rotatable bonds is 9. The monoisotopic (exact) mass is 436 g/mol. The Kier molecular flexibility index (Phi) is 8.10. The number of nitrogens with one attached hydrogen (secondary N) is 1. The van der Waals surface area contributed by atoms with Gasteiger partial charge in [-0.2, -0.15) is 5.10 Å². The van der Waals surface area contributed by atoms with Crippen LogP contribution in [0.2, 0.25) is 0 Å². The van der Waals surface area contributed by atoms with Gasteiger partial charge in [-0.3, -0.25) is 4.79 Å². The van der Waals surface area contributed by atoms with Gasteiger partial charge in [-0.25, -0.2) is 15.4 Å². The van der Waals surface area contributed by atoms with Crippen molar-refractivity contribution in [2.75, 3.05) is 19.5 Å². The molecule has 1 amide bonds. The molecule has 0 aliphatic rings. The van der Waals surface area contributed by atoms with Crippen LogP contribution in [0.1, 0.15) is 5.56 Å². The molecule has 0 saturated heterocycles. The third-order valence-corrected chi connectivity index (χ3v) is 4.34. The molecule has 26 heavy (non-hydrogen) atoms. The SMILES string of the molecule is C=CCOc1c(Br)cc(/C=N\NC(=O)CSc2ncccn2)cc1OC. The summed E-state index contributed by atoms with van der Waals surface area (Å²) in [6.45, 7) is 3.98. The fraction of sp³-hybridized carbons (Fsp3) is 0.176. The summed E-state index contributed by atoms with van der Waals surface area (Å²) in [5.41, 5.74) is 3.20. The third kappa shape index (κ3) is 6.16. The maximum absolute atomic E-state index is 11.8. The highest BCUT2D eigenvalue weighted by atomic mass is 79.9. The largest absolute Gasteiger partial charge is 0.493 e. The zero-order valence-corrected chi connectivity index (χ0v) is 16.4. The van der Waals surface area contributed by atoms with Gasteiger partial charge < -0.3 is 9.47 Å². The third-order valence-electron chi connectivity index (χ3n) is 2.87. The van der Waals surface area contributed by atoms with Crippen LogP contribution in [0.5, 0.6) is 11.5 Å². The predicted octanol–water partition coefficient (Wildman–Crippen LogP) is 3.05. The molecule has 0 aliphatic carbocycles. The average molecular weight is 437 g/mol. The number of aromatic nitrogens is 2. The zero-order chi connectivity index (χ0) is 18.8. The van der Waals surface area contributed by atoms with E-state index in [0.717, 1.165) is 5.56 Å². The Morgan fingerprint density at radius 2 is 2.19 bits per heavy atom. The van der Waals surface area contributed by atoms with Gasteiger partial charge in [-0.1, -0.05) is 24.4 Å². The zero-order valence-electron chi connectivity index (χ0n) is 14.0. The summed E-state index contributed by atoms with van der Waals surface area (Å²) in [7, 11) is 1.55. The summed E-state index contributed by atoms with van der Waals surface area (Å²) in [4.78, 5) is 19.9. The fourth-order valence-electron chi connectivity index (χ4n) is 1.80. The van der Waals surface area contributed by atoms with Gasteiger partial charge in [-0.05, 0) is 39.7 Å². The quantitative estimate of drug-likeness (QED) is 0.213. The molecule has 1 heterocycles. The lowest BCUT2D eigenvalue weighted by Crippen LogP contribution is -2.19. The van der Waals surface area contributed by atoms with Crippen molar-refractivity contribution in [3.63, 3.8) is 0 Å². The predicted molar refractivity (Wildman–Crippen MR) is 105 cm³/mol. The highest BCUT2D eigenvalue weighted by Crippen LogP contribution is 2.36. The molecule has 0 spiro atoms. The van der Waals surface area contributed by atoms with Gasteiger partial charge in [0.05, 0.1) is 23.5 Å². The topological polar surface area (TPSA) is 85.7 Å². The molecule has 7 nitrogen and oxygen atoms in total. The maximum atomic E-state index is 11.8. The number of benzene rings is 1. The second kappa shape index (κ2) is 10.6. The number of hydrazone groups is 1. The van der Waals surface area contributed by atoms with Gasteiger partial charge in [0.2, 0.25) is 0 Å². The summed E-state index contributed by atoms with van der Waals surface area (Å²) in [6, 6.07) is 5.28. The van der Waals surface area contributed by atoms with E-state index in [1.807, 2.05) is 6.07 Å². The molecule has 1 N–H and O–H groups in total. The molecule has 1 aromatic carbocycles. The Bertz CT molecular complexity index is 787. The van der Waals surface area contributed by atoms with Gasteiger partial charge in [-0.15, -0.1) is 0 Å². The molecular formula is C17H17BrN4O3S. The van der Waals surface area contributed by atoms with E-state index in [2.05, 4.69) is 43.0 Å². The van der Waals surface area contributed by atoms with Crippen molar-refractivity contribution in [1.29, 1.82) is 0 Å². The van der Waals surface area contributed by atoms with E-state index >= 15 is 0 Å². The summed E-state index contributed by atoms with van der Waals surface area (Å²) in [5.74, 6) is 1.04. The lowest BCUT2D eigenvalue weighted by Gasteiger charge is -2.12. The Labute approximate surface area is 164 Å². The van der Waals surface area contributed by atoms with Crippen molar-refractivity contribution in [3.05, 3.63) is 53.3 Å². The summed E-state index contributed by atoms with van der Waals surface area (Å²) < 4.78 is 11.6. The molecular weight excluding hydrogens is 420 g/mol. The number of hydrogen-bond acceptors (Lipinski definition) is 7. The number of amides is 1. The van der Waals surface area contributed by atoms with Gasteiger partial charge in [0, 0.05) is 12.4 Å². The van der Waals surface area contributed by atoms with Crippen molar-refractivity contribution in [2.24, 2.45) is 5.10 Å². The molecule has 0 radical (unpaired) electrons. The molecule has 0 saturated carbocycles. The van der Waals surface area contributed by atoms with Crippen LogP contribution in [0.4, 0.5) is 0 Å². The van der Waals surface area contributed by atoms with Gasteiger partial charge in [0.15, 0.2) is 16.7 Å². The number of hydrogen-bond donors (Lipinski definition) is 1. The standard InChI is InChI=1S/C17H17BrN4O3S/c1-3-7-25-16-13(18)8-12(9-14(16)24-2)10-21-22-15(23)11-26-17-19-5-4-6-20-17/h3-6,8-10H,1,7,11H2,2H3,(H,22,23)/b21-10-. The normalized spacial score (nSPS) is 10.5. The Hall–Kier alpha value is -2.39. The Morgan fingerprint density at radius 3 is 2.88 bits per heavy atom. The number of nitrogens with zero attached hydrogens (tertiary/aromatic N) is 3. The van der Waals surface area contributed by atoms with E-state index in [0.29, 0.717) is 27.7 Å². The molecule has 0 unspecified atom stereocenters. The minimum atomic E-state index is -0.254. The van der Waals surface area contributed by atoms with Crippen LogP contribution in [0.3, 0.4) is 0 Å². The molecule has 2 rings (SSSR count). The van der Waals surface area contributed by atoms with E-state index in [9.17, 15) is 4.79 Å². The molecule has 136 valence electrons. The van der Waals surface area contributed by atoms with Crippen LogP contribution >= 0.6 is 27.7 Å². The first-order valence-electron chi connectivity index (χ1n) is 7.47. The molecule has 0 fully saturated rings. The molecule has 2 aromatic rings. The number of halogens is 1. The lowest BCUT2D eigenvalue weighted by atomic mass is 10.2. The van der Waals surface area contributed by atoms with Crippen LogP contribution in [-0.2, 0) is 4.79 Å². The first-order valence-corrected chi connectivity index (χ1v) is 9.25. The Balaban J connectivity index is 1.93. The average Bonchev–Trinajstić information content (AvgIpc) is 2.66. The lowest BCUT2D eigenvalue weighted by molar-refractivity contribution is -0.118. The van der Waals surface area contributed by atoms with Crippen molar-refractivity contribution in [2.45, 2.75) is 5.16 Å². The second-order valence-corrected chi connectivity index (χ2v) is 6.54. The molecule has 9 heteroatoms. The van der Waals surface area contributed by atoms with E-state index < -0.39 is 0 Å². The van der Waals surface area contributed by atoms with Crippen LogP contribution in [0, 0.1) is 0 Å².